The van der Waals surface area contributed by atoms with Crippen molar-refractivity contribution in [1.29, 1.82) is 0 Å². The first-order valence-electron chi connectivity index (χ1n) is 4.47. The summed E-state index contributed by atoms with van der Waals surface area (Å²) in [6, 6.07) is 2.89. The van der Waals surface area contributed by atoms with Gasteiger partial charge in [0.15, 0.2) is 0 Å². The zero-order valence-corrected chi connectivity index (χ0v) is 8.42. The van der Waals surface area contributed by atoms with E-state index in [1.165, 1.54) is 12.3 Å². The molecule has 6 nitrogen and oxygen atoms in total. The van der Waals surface area contributed by atoms with Crippen LogP contribution in [0.25, 0.3) is 0 Å². The van der Waals surface area contributed by atoms with E-state index in [1.807, 2.05) is 0 Å². The second kappa shape index (κ2) is 5.38. The van der Waals surface area contributed by atoms with Gasteiger partial charge in [-0.05, 0) is 6.07 Å². The van der Waals surface area contributed by atoms with Crippen molar-refractivity contribution in [2.45, 2.75) is 12.5 Å². The molecule has 1 heterocycles. The number of nitrogens with two attached hydrogens (primary N) is 1. The molecule has 0 aromatic carbocycles. The highest BCUT2D eigenvalue weighted by molar-refractivity contribution is 5.26. The van der Waals surface area contributed by atoms with E-state index in [-0.39, 0.29) is 11.7 Å². The van der Waals surface area contributed by atoms with Crippen LogP contribution in [0.2, 0.25) is 0 Å². The fraction of sp³-hybridized carbons (Fsp3) is 0.444. The van der Waals surface area contributed by atoms with Crippen LogP contribution in [0.1, 0.15) is 5.69 Å². The molecule has 0 aliphatic rings. The Kier molecular flexibility index (Phi) is 4.14. The lowest BCUT2D eigenvalue weighted by Gasteiger charge is -2.08. The number of hydrogen-bond donors (Lipinski definition) is 1. The molecule has 0 bridgehead atoms. The Hall–Kier alpha value is -1.53. The molecule has 1 aromatic rings. The molecule has 1 aromatic heterocycles. The summed E-state index contributed by atoms with van der Waals surface area (Å²) in [4.78, 5) is 13.8. The standard InChI is InChI=1S/C9H13N3O3/c1-15-6-7(10)4-8-2-3-9(5-11-8)12(13)14/h2-3,5,7H,4,6,10H2,1H3. The number of rotatable bonds is 5. The van der Waals surface area contributed by atoms with Gasteiger partial charge in [0, 0.05) is 31.3 Å². The van der Waals surface area contributed by atoms with Crippen LogP contribution in [0.3, 0.4) is 0 Å². The summed E-state index contributed by atoms with van der Waals surface area (Å²) in [6.45, 7) is 0.443. The van der Waals surface area contributed by atoms with E-state index in [0.717, 1.165) is 5.69 Å². The van der Waals surface area contributed by atoms with Crippen molar-refractivity contribution in [3.63, 3.8) is 0 Å². The summed E-state index contributed by atoms with van der Waals surface area (Å²) < 4.78 is 4.88. The number of methoxy groups -OCH3 is 1. The highest BCUT2D eigenvalue weighted by atomic mass is 16.6. The SMILES string of the molecule is COCC(N)Cc1ccc([N+](=O)[O-])cn1. The minimum absolute atomic E-state index is 0.0148. The lowest BCUT2D eigenvalue weighted by Crippen LogP contribution is -2.28. The third kappa shape index (κ3) is 3.61. The zero-order chi connectivity index (χ0) is 11.3. The van der Waals surface area contributed by atoms with Crippen LogP contribution in [0, 0.1) is 10.1 Å². The van der Waals surface area contributed by atoms with E-state index in [2.05, 4.69) is 4.98 Å². The number of hydrogen-bond acceptors (Lipinski definition) is 5. The Bertz CT molecular complexity index is 326. The molecular formula is C9H13N3O3. The van der Waals surface area contributed by atoms with Gasteiger partial charge in [0.2, 0.25) is 0 Å². The first-order valence-corrected chi connectivity index (χ1v) is 4.47. The summed E-state index contributed by atoms with van der Waals surface area (Å²) in [5.74, 6) is 0. The molecule has 1 rings (SSSR count). The van der Waals surface area contributed by atoms with Crippen molar-refractivity contribution in [1.82, 2.24) is 4.98 Å². The van der Waals surface area contributed by atoms with Gasteiger partial charge in [-0.15, -0.1) is 0 Å². The maximum atomic E-state index is 10.4. The normalized spacial score (nSPS) is 12.4. The first kappa shape index (κ1) is 11.5. The molecular weight excluding hydrogens is 198 g/mol. The van der Waals surface area contributed by atoms with Gasteiger partial charge in [0.1, 0.15) is 6.20 Å². The third-order valence-corrected chi connectivity index (χ3v) is 1.87. The molecule has 0 amide bonds. The molecule has 0 saturated carbocycles. The third-order valence-electron chi connectivity index (χ3n) is 1.87. The predicted molar refractivity (Wildman–Crippen MR) is 54.4 cm³/mol. The van der Waals surface area contributed by atoms with E-state index >= 15 is 0 Å². The lowest BCUT2D eigenvalue weighted by atomic mass is 10.1. The molecule has 2 N–H and O–H groups in total. The number of pyridine rings is 1. The van der Waals surface area contributed by atoms with Crippen molar-refractivity contribution >= 4 is 5.69 Å². The van der Waals surface area contributed by atoms with Gasteiger partial charge in [-0.25, -0.2) is 0 Å². The van der Waals surface area contributed by atoms with E-state index in [1.54, 1.807) is 13.2 Å². The molecule has 0 aliphatic carbocycles. The van der Waals surface area contributed by atoms with Gasteiger partial charge in [0.05, 0.1) is 11.5 Å². The first-order chi connectivity index (χ1) is 7.13. The van der Waals surface area contributed by atoms with E-state index in [9.17, 15) is 10.1 Å². The molecule has 1 atom stereocenters. The van der Waals surface area contributed by atoms with Crippen molar-refractivity contribution in [2.75, 3.05) is 13.7 Å². The highest BCUT2D eigenvalue weighted by Gasteiger charge is 2.08. The van der Waals surface area contributed by atoms with Crippen molar-refractivity contribution in [3.8, 4) is 0 Å². The van der Waals surface area contributed by atoms with Crippen LogP contribution in [0.15, 0.2) is 18.3 Å². The topological polar surface area (TPSA) is 91.3 Å². The van der Waals surface area contributed by atoms with Crippen LogP contribution in [-0.2, 0) is 11.2 Å². The summed E-state index contributed by atoms with van der Waals surface area (Å²) in [7, 11) is 1.57. The monoisotopic (exact) mass is 211 g/mol. The summed E-state index contributed by atoms with van der Waals surface area (Å²) >= 11 is 0. The Morgan fingerprint density at radius 2 is 2.40 bits per heavy atom. The fourth-order valence-corrected chi connectivity index (χ4v) is 1.19. The fourth-order valence-electron chi connectivity index (χ4n) is 1.19. The van der Waals surface area contributed by atoms with Gasteiger partial charge in [0.25, 0.3) is 5.69 Å². The average Bonchev–Trinajstić information content (AvgIpc) is 2.18. The second-order valence-electron chi connectivity index (χ2n) is 3.18. The molecule has 0 fully saturated rings. The summed E-state index contributed by atoms with van der Waals surface area (Å²) in [6.07, 6.45) is 1.78. The summed E-state index contributed by atoms with van der Waals surface area (Å²) in [5, 5.41) is 10.4. The minimum atomic E-state index is -0.480. The smallest absolute Gasteiger partial charge is 0.287 e. The van der Waals surface area contributed by atoms with Crippen molar-refractivity contribution < 1.29 is 9.66 Å². The Morgan fingerprint density at radius 3 is 2.87 bits per heavy atom. The van der Waals surface area contributed by atoms with Crippen LogP contribution in [0.5, 0.6) is 0 Å². The number of nitrogens with zero attached hydrogens (tertiary/aromatic N) is 2. The Morgan fingerprint density at radius 1 is 1.67 bits per heavy atom. The molecule has 0 aliphatic heterocycles. The van der Waals surface area contributed by atoms with E-state index in [4.69, 9.17) is 10.5 Å². The zero-order valence-electron chi connectivity index (χ0n) is 8.42. The predicted octanol–water partition coefficient (Wildman–Crippen LogP) is 0.506. The van der Waals surface area contributed by atoms with Crippen LogP contribution < -0.4 is 5.73 Å². The van der Waals surface area contributed by atoms with Gasteiger partial charge in [-0.3, -0.25) is 15.1 Å². The van der Waals surface area contributed by atoms with Crippen LogP contribution >= 0.6 is 0 Å². The van der Waals surface area contributed by atoms with Crippen LogP contribution in [0.4, 0.5) is 5.69 Å². The molecule has 15 heavy (non-hydrogen) atoms. The largest absolute Gasteiger partial charge is 0.383 e. The number of nitro groups is 1. The highest BCUT2D eigenvalue weighted by Crippen LogP contribution is 2.09. The Labute approximate surface area is 87.2 Å². The molecule has 6 heteroatoms. The molecule has 82 valence electrons. The second-order valence-corrected chi connectivity index (χ2v) is 3.18. The van der Waals surface area contributed by atoms with Crippen molar-refractivity contribution in [2.24, 2.45) is 5.73 Å². The molecule has 0 radical (unpaired) electrons. The van der Waals surface area contributed by atoms with Gasteiger partial charge in [-0.1, -0.05) is 0 Å². The average molecular weight is 211 g/mol. The maximum absolute atomic E-state index is 10.4. The molecule has 0 spiro atoms. The van der Waals surface area contributed by atoms with E-state index < -0.39 is 4.92 Å². The number of aromatic nitrogens is 1. The van der Waals surface area contributed by atoms with Gasteiger partial charge < -0.3 is 10.5 Å². The maximum Gasteiger partial charge on any atom is 0.287 e. The minimum Gasteiger partial charge on any atom is -0.383 e. The van der Waals surface area contributed by atoms with Gasteiger partial charge in [-0.2, -0.15) is 0 Å². The molecule has 1 unspecified atom stereocenters. The van der Waals surface area contributed by atoms with Crippen LogP contribution in [-0.4, -0.2) is 29.7 Å². The lowest BCUT2D eigenvalue weighted by molar-refractivity contribution is -0.385. The quantitative estimate of drug-likeness (QED) is 0.565. The molecule has 0 saturated heterocycles. The van der Waals surface area contributed by atoms with E-state index in [0.29, 0.717) is 13.0 Å². The van der Waals surface area contributed by atoms with Crippen molar-refractivity contribution in [3.05, 3.63) is 34.1 Å². The summed E-state index contributed by atoms with van der Waals surface area (Å²) in [5.41, 5.74) is 6.43. The van der Waals surface area contributed by atoms with Gasteiger partial charge >= 0.3 is 0 Å². The number of ether oxygens (including phenoxy) is 1. The Balaban J connectivity index is 2.60.